The highest BCUT2D eigenvalue weighted by Crippen LogP contribution is 2.27. The number of pyridine rings is 1. The van der Waals surface area contributed by atoms with Crippen molar-refractivity contribution in [1.29, 1.82) is 0 Å². The first-order chi connectivity index (χ1) is 13.3. The number of halogens is 1. The Morgan fingerprint density at radius 1 is 1.15 bits per heavy atom. The third-order valence-electron chi connectivity index (χ3n) is 5.56. The molecule has 0 bridgehead atoms. The molecule has 1 aromatic heterocycles. The highest BCUT2D eigenvalue weighted by molar-refractivity contribution is 6.32. The Labute approximate surface area is 166 Å². The van der Waals surface area contributed by atoms with Crippen molar-refractivity contribution >= 4 is 11.6 Å². The molecule has 2 aromatic rings. The number of para-hydroxylation sites is 1. The van der Waals surface area contributed by atoms with Crippen molar-refractivity contribution in [1.82, 2.24) is 20.7 Å². The number of likely N-dealkylation sites (tertiary alicyclic amines) is 1. The van der Waals surface area contributed by atoms with Gasteiger partial charge in [-0.1, -0.05) is 29.8 Å². The third-order valence-corrected chi connectivity index (χ3v) is 5.87. The van der Waals surface area contributed by atoms with Gasteiger partial charge < -0.3 is 4.74 Å². The van der Waals surface area contributed by atoms with Crippen LogP contribution in [0.15, 0.2) is 48.7 Å². The molecule has 2 aliphatic heterocycles. The molecule has 144 valence electrons. The second kappa shape index (κ2) is 9.02. The maximum absolute atomic E-state index is 6.14. The highest BCUT2D eigenvalue weighted by atomic mass is 35.5. The molecule has 27 heavy (non-hydrogen) atoms. The fraction of sp³-hybridized carbons (Fsp3) is 0.476. The maximum Gasteiger partial charge on any atom is 0.137 e. The van der Waals surface area contributed by atoms with Crippen LogP contribution < -0.4 is 15.6 Å². The van der Waals surface area contributed by atoms with Gasteiger partial charge in [0.25, 0.3) is 0 Å². The molecule has 0 aliphatic carbocycles. The van der Waals surface area contributed by atoms with Crippen molar-refractivity contribution in [2.75, 3.05) is 19.7 Å². The van der Waals surface area contributed by atoms with Gasteiger partial charge in [0.1, 0.15) is 5.75 Å². The fourth-order valence-corrected chi connectivity index (χ4v) is 4.27. The van der Waals surface area contributed by atoms with Crippen molar-refractivity contribution in [3.63, 3.8) is 0 Å². The van der Waals surface area contributed by atoms with Crippen molar-refractivity contribution in [2.24, 2.45) is 5.92 Å². The molecule has 3 heterocycles. The van der Waals surface area contributed by atoms with E-state index in [-0.39, 0.29) is 0 Å². The van der Waals surface area contributed by atoms with Gasteiger partial charge >= 0.3 is 0 Å². The van der Waals surface area contributed by atoms with Crippen molar-refractivity contribution in [3.05, 3.63) is 59.4 Å². The highest BCUT2D eigenvalue weighted by Gasteiger charge is 2.34. The summed E-state index contributed by atoms with van der Waals surface area (Å²) in [5, 5.41) is 0.673. The number of hydrogen-bond acceptors (Lipinski definition) is 5. The Morgan fingerprint density at radius 3 is 2.89 bits per heavy atom. The number of hydrazine groups is 1. The molecule has 0 spiro atoms. The van der Waals surface area contributed by atoms with Crippen LogP contribution in [0.1, 0.15) is 25.0 Å². The Hall–Kier alpha value is -1.66. The second-order valence-corrected chi connectivity index (χ2v) is 7.91. The number of rotatable bonds is 7. The zero-order chi connectivity index (χ0) is 18.5. The summed E-state index contributed by atoms with van der Waals surface area (Å²) in [6.45, 7) is 3.91. The molecule has 2 saturated heterocycles. The summed E-state index contributed by atoms with van der Waals surface area (Å²) in [5.41, 5.74) is 8.13. The Bertz CT molecular complexity index is 729. The van der Waals surface area contributed by atoms with E-state index in [0.717, 1.165) is 43.9 Å². The smallest absolute Gasteiger partial charge is 0.137 e. The van der Waals surface area contributed by atoms with Crippen LogP contribution >= 0.6 is 11.6 Å². The Morgan fingerprint density at radius 2 is 2.04 bits per heavy atom. The van der Waals surface area contributed by atoms with E-state index in [2.05, 4.69) is 32.9 Å². The molecule has 0 radical (unpaired) electrons. The van der Waals surface area contributed by atoms with E-state index in [1.165, 1.54) is 6.42 Å². The van der Waals surface area contributed by atoms with Gasteiger partial charge in [-0.15, -0.1) is 0 Å². The molecule has 1 aromatic carbocycles. The largest absolute Gasteiger partial charge is 0.492 e. The average Bonchev–Trinajstić information content (AvgIpc) is 3.34. The maximum atomic E-state index is 6.14. The summed E-state index contributed by atoms with van der Waals surface area (Å²) in [6, 6.07) is 14.8. The molecule has 2 aliphatic rings. The molecular weight excluding hydrogens is 360 g/mol. The molecule has 4 rings (SSSR count). The van der Waals surface area contributed by atoms with Gasteiger partial charge in [-0.05, 0) is 56.0 Å². The molecule has 2 N–H and O–H groups in total. The van der Waals surface area contributed by atoms with Crippen LogP contribution in [-0.4, -0.2) is 41.7 Å². The monoisotopic (exact) mass is 386 g/mol. The molecule has 0 amide bonds. The predicted molar refractivity (Wildman–Crippen MR) is 108 cm³/mol. The Balaban J connectivity index is 1.19. The first-order valence-corrected chi connectivity index (χ1v) is 10.2. The predicted octanol–water partition coefficient (Wildman–Crippen LogP) is 3.26. The first-order valence-electron chi connectivity index (χ1n) is 9.78. The lowest BCUT2D eigenvalue weighted by atomic mass is 9.94. The molecule has 6 heteroatoms. The topological polar surface area (TPSA) is 49.4 Å². The zero-order valence-electron chi connectivity index (χ0n) is 15.5. The fourth-order valence-electron chi connectivity index (χ4n) is 4.08. The third kappa shape index (κ3) is 4.99. The normalized spacial score (nSPS) is 25.7. The minimum atomic E-state index is 0.447. The molecular formula is C21H27ClN4O. The van der Waals surface area contributed by atoms with Gasteiger partial charge in [-0.2, -0.15) is 0 Å². The van der Waals surface area contributed by atoms with E-state index < -0.39 is 0 Å². The standard InChI is InChI=1S/C21H27ClN4O/c22-19-6-1-2-7-21(19)27-12-9-17-13-20(25-24-17)16-8-11-26(14-16)15-18-5-3-4-10-23-18/h1-7,10,16-17,20,24-25H,8-9,11-15H2. The van der Waals surface area contributed by atoms with E-state index in [9.17, 15) is 0 Å². The minimum Gasteiger partial charge on any atom is -0.492 e. The van der Waals surface area contributed by atoms with Crippen LogP contribution in [0.25, 0.3) is 0 Å². The van der Waals surface area contributed by atoms with Crippen LogP contribution in [0.4, 0.5) is 0 Å². The number of nitrogens with one attached hydrogen (secondary N) is 2. The van der Waals surface area contributed by atoms with Crippen molar-refractivity contribution in [2.45, 2.75) is 37.9 Å². The van der Waals surface area contributed by atoms with Crippen LogP contribution in [-0.2, 0) is 6.54 Å². The molecule has 5 nitrogen and oxygen atoms in total. The van der Waals surface area contributed by atoms with Gasteiger partial charge in [0.15, 0.2) is 0 Å². The summed E-state index contributed by atoms with van der Waals surface area (Å²) in [7, 11) is 0. The van der Waals surface area contributed by atoms with E-state index in [0.29, 0.717) is 29.6 Å². The summed E-state index contributed by atoms with van der Waals surface area (Å²) in [6.07, 6.45) is 5.24. The summed E-state index contributed by atoms with van der Waals surface area (Å²) in [5.74, 6) is 1.46. The number of nitrogens with zero attached hydrogens (tertiary/aromatic N) is 2. The number of hydrogen-bond donors (Lipinski definition) is 2. The summed E-state index contributed by atoms with van der Waals surface area (Å²) in [4.78, 5) is 6.97. The van der Waals surface area contributed by atoms with Gasteiger partial charge in [-0.25, -0.2) is 0 Å². The minimum absolute atomic E-state index is 0.447. The summed E-state index contributed by atoms with van der Waals surface area (Å²) < 4.78 is 5.83. The SMILES string of the molecule is Clc1ccccc1OCCC1CC(C2CCN(Cc3ccccn3)C2)NN1. The van der Waals surface area contributed by atoms with Crippen LogP contribution in [0.5, 0.6) is 5.75 Å². The van der Waals surface area contributed by atoms with Crippen LogP contribution in [0.2, 0.25) is 5.02 Å². The number of benzene rings is 1. The average molecular weight is 387 g/mol. The first kappa shape index (κ1) is 18.7. The molecule has 2 fully saturated rings. The van der Waals surface area contributed by atoms with Crippen molar-refractivity contribution in [3.8, 4) is 5.75 Å². The van der Waals surface area contributed by atoms with Gasteiger partial charge in [0, 0.05) is 31.4 Å². The zero-order valence-corrected chi connectivity index (χ0v) is 16.2. The van der Waals surface area contributed by atoms with Crippen LogP contribution in [0.3, 0.4) is 0 Å². The lowest BCUT2D eigenvalue weighted by Gasteiger charge is -2.19. The lowest BCUT2D eigenvalue weighted by Crippen LogP contribution is -2.38. The van der Waals surface area contributed by atoms with Gasteiger partial charge in [0.05, 0.1) is 17.3 Å². The quantitative estimate of drug-likeness (QED) is 0.764. The molecule has 0 saturated carbocycles. The number of aromatic nitrogens is 1. The van der Waals surface area contributed by atoms with Gasteiger partial charge in [0.2, 0.25) is 0 Å². The lowest BCUT2D eigenvalue weighted by molar-refractivity contribution is 0.288. The molecule has 3 unspecified atom stereocenters. The van der Waals surface area contributed by atoms with E-state index in [4.69, 9.17) is 16.3 Å². The van der Waals surface area contributed by atoms with E-state index in [1.54, 1.807) is 0 Å². The number of ether oxygens (including phenoxy) is 1. The van der Waals surface area contributed by atoms with Gasteiger partial charge in [-0.3, -0.25) is 20.7 Å². The summed E-state index contributed by atoms with van der Waals surface area (Å²) >= 11 is 6.14. The second-order valence-electron chi connectivity index (χ2n) is 7.50. The Kier molecular flexibility index (Phi) is 6.24. The molecule has 3 atom stereocenters. The van der Waals surface area contributed by atoms with E-state index >= 15 is 0 Å². The van der Waals surface area contributed by atoms with E-state index in [1.807, 2.05) is 36.5 Å². The van der Waals surface area contributed by atoms with Crippen LogP contribution in [0, 0.1) is 5.92 Å². The van der Waals surface area contributed by atoms with Crippen molar-refractivity contribution < 1.29 is 4.74 Å².